The molecule has 2 aliphatic rings. The van der Waals surface area contributed by atoms with Gasteiger partial charge in [0.05, 0.1) is 42.2 Å². The molecule has 0 unspecified atom stereocenters. The average Bonchev–Trinajstić information content (AvgIpc) is 3.52. The van der Waals surface area contributed by atoms with E-state index in [2.05, 4.69) is 58.1 Å². The maximum atomic E-state index is 10.8. The van der Waals surface area contributed by atoms with Gasteiger partial charge in [-0.25, -0.2) is 0 Å². The number of hydrogen-bond acceptors (Lipinski definition) is 6. The Hall–Kier alpha value is -0.0231. The third-order valence-electron chi connectivity index (χ3n) is 6.72. The number of aliphatic hydroxyl groups excluding tert-OH is 1. The van der Waals surface area contributed by atoms with Crippen LogP contribution in [0.25, 0.3) is 0 Å². The molecule has 182 valence electrons. The normalized spacial score (nSPS) is 23.0. The van der Waals surface area contributed by atoms with Crippen LogP contribution in [-0.2, 0) is 20.5 Å². The minimum absolute atomic E-state index is 0.0182. The zero-order valence-corrected chi connectivity index (χ0v) is 23.1. The molecule has 7 heteroatoms. The smallest absolute Gasteiger partial charge is 0.192 e. The molecule has 32 heavy (non-hydrogen) atoms. The van der Waals surface area contributed by atoms with E-state index in [1.54, 1.807) is 0 Å². The largest absolute Gasteiger partial charge is 0.412 e. The fourth-order valence-electron chi connectivity index (χ4n) is 3.84. The summed E-state index contributed by atoms with van der Waals surface area (Å²) in [7, 11) is -1.95. The van der Waals surface area contributed by atoms with Gasteiger partial charge in [-0.15, -0.1) is 23.5 Å². The summed E-state index contributed by atoms with van der Waals surface area (Å²) in [6, 6.07) is 10.4. The summed E-state index contributed by atoms with van der Waals surface area (Å²) >= 11 is 4.04. The summed E-state index contributed by atoms with van der Waals surface area (Å²) in [4.78, 5) is 0. The van der Waals surface area contributed by atoms with Gasteiger partial charge < -0.3 is 19.0 Å². The van der Waals surface area contributed by atoms with Gasteiger partial charge in [0.2, 0.25) is 0 Å². The minimum Gasteiger partial charge on any atom is -0.412 e. The zero-order chi connectivity index (χ0) is 23.2. The van der Waals surface area contributed by atoms with Crippen molar-refractivity contribution in [1.29, 1.82) is 0 Å². The highest BCUT2D eigenvalue weighted by molar-refractivity contribution is 8.18. The van der Waals surface area contributed by atoms with Crippen molar-refractivity contribution in [2.75, 3.05) is 24.7 Å². The molecule has 0 amide bonds. The standard InChI is InChI=1S/C25H42O4S2Si/c1-24(2,3)32(4,5)29-23(18-27-17-20-10-7-6-8-11-20)16-25(30-12-9-13-31-25)15-21(26)14-22-19-28-22/h6-8,10-11,21-23,26H,9,12-19H2,1-5H3/t21-,22-,23+/m0/s1. The van der Waals surface area contributed by atoms with Crippen molar-refractivity contribution in [1.82, 2.24) is 0 Å². The Morgan fingerprint density at radius 3 is 2.41 bits per heavy atom. The van der Waals surface area contributed by atoms with Crippen LogP contribution < -0.4 is 0 Å². The van der Waals surface area contributed by atoms with E-state index in [9.17, 15) is 5.11 Å². The van der Waals surface area contributed by atoms with Crippen LogP contribution in [0.1, 0.15) is 52.0 Å². The van der Waals surface area contributed by atoms with Crippen LogP contribution in [0.4, 0.5) is 0 Å². The Labute approximate surface area is 204 Å². The Bertz CT molecular complexity index is 685. The molecule has 0 aliphatic carbocycles. The first-order valence-corrected chi connectivity index (χ1v) is 16.8. The SMILES string of the molecule is CC(C)(C)[Si](C)(C)O[C@@H](COCc1ccccc1)CC1(C[C@@H](O)C[C@H]2CO2)SCCCS1. The summed E-state index contributed by atoms with van der Waals surface area (Å²) < 4.78 is 18.5. The molecule has 0 bridgehead atoms. The number of ether oxygens (including phenoxy) is 2. The van der Waals surface area contributed by atoms with Crippen LogP contribution >= 0.6 is 23.5 Å². The molecule has 1 aromatic rings. The van der Waals surface area contributed by atoms with Crippen molar-refractivity contribution in [2.24, 2.45) is 0 Å². The quantitative estimate of drug-likeness (QED) is 0.278. The van der Waals surface area contributed by atoms with Crippen LogP contribution in [-0.4, -0.2) is 60.5 Å². The summed E-state index contributed by atoms with van der Waals surface area (Å²) in [6.07, 6.45) is 3.65. The molecule has 1 N–H and O–H groups in total. The van der Waals surface area contributed by atoms with E-state index in [0.29, 0.717) is 13.2 Å². The van der Waals surface area contributed by atoms with Gasteiger partial charge in [-0.3, -0.25) is 0 Å². The lowest BCUT2D eigenvalue weighted by Crippen LogP contribution is -2.47. The number of epoxide rings is 1. The number of hydrogen-bond donors (Lipinski definition) is 1. The molecular weight excluding hydrogens is 456 g/mol. The summed E-state index contributed by atoms with van der Waals surface area (Å²) in [6.45, 7) is 13.5. The van der Waals surface area contributed by atoms with E-state index in [0.717, 1.165) is 37.4 Å². The maximum absolute atomic E-state index is 10.8. The first-order valence-electron chi connectivity index (χ1n) is 12.0. The second kappa shape index (κ2) is 11.6. The Kier molecular flexibility index (Phi) is 9.64. The van der Waals surface area contributed by atoms with Crippen molar-refractivity contribution < 1.29 is 19.0 Å². The van der Waals surface area contributed by atoms with E-state index in [4.69, 9.17) is 13.9 Å². The highest BCUT2D eigenvalue weighted by atomic mass is 32.2. The highest BCUT2D eigenvalue weighted by Crippen LogP contribution is 2.50. The summed E-state index contributed by atoms with van der Waals surface area (Å²) in [5.74, 6) is 2.30. The molecule has 1 aromatic carbocycles. The van der Waals surface area contributed by atoms with Crippen LogP contribution in [0.5, 0.6) is 0 Å². The highest BCUT2D eigenvalue weighted by Gasteiger charge is 2.44. The molecule has 0 spiro atoms. The molecule has 0 radical (unpaired) electrons. The van der Waals surface area contributed by atoms with Crippen LogP contribution in [0.2, 0.25) is 18.1 Å². The van der Waals surface area contributed by atoms with Gasteiger partial charge in [0.1, 0.15) is 0 Å². The molecule has 2 aliphatic heterocycles. The molecule has 2 heterocycles. The van der Waals surface area contributed by atoms with Crippen LogP contribution in [0.3, 0.4) is 0 Å². The van der Waals surface area contributed by atoms with Gasteiger partial charge in [0, 0.05) is 6.42 Å². The van der Waals surface area contributed by atoms with Crippen molar-refractivity contribution in [3.63, 3.8) is 0 Å². The number of thioether (sulfide) groups is 2. The molecule has 3 rings (SSSR count). The number of aliphatic hydroxyl groups is 1. The first kappa shape index (κ1) is 26.6. The molecule has 0 aromatic heterocycles. The van der Waals surface area contributed by atoms with Crippen molar-refractivity contribution in [3.05, 3.63) is 35.9 Å². The lowest BCUT2D eigenvalue weighted by atomic mass is 10.0. The predicted octanol–water partition coefficient (Wildman–Crippen LogP) is 6.09. The second-order valence-electron chi connectivity index (χ2n) is 10.7. The topological polar surface area (TPSA) is 51.2 Å². The van der Waals surface area contributed by atoms with Crippen LogP contribution in [0, 0.1) is 0 Å². The zero-order valence-electron chi connectivity index (χ0n) is 20.5. The predicted molar refractivity (Wildman–Crippen MR) is 140 cm³/mol. The Morgan fingerprint density at radius 2 is 1.81 bits per heavy atom. The van der Waals surface area contributed by atoms with Gasteiger partial charge in [-0.05, 0) is 54.5 Å². The van der Waals surface area contributed by atoms with Crippen molar-refractivity contribution in [3.8, 4) is 0 Å². The average molecular weight is 499 g/mol. The third kappa shape index (κ3) is 8.33. The van der Waals surface area contributed by atoms with Gasteiger partial charge >= 0.3 is 0 Å². The molecule has 4 nitrogen and oxygen atoms in total. The Balaban J connectivity index is 1.69. The molecule has 3 atom stereocenters. The van der Waals surface area contributed by atoms with E-state index in [-0.39, 0.29) is 27.4 Å². The van der Waals surface area contributed by atoms with E-state index in [1.165, 1.54) is 12.0 Å². The third-order valence-corrected chi connectivity index (χ3v) is 14.7. The molecule has 0 saturated carbocycles. The monoisotopic (exact) mass is 498 g/mol. The number of rotatable bonds is 12. The second-order valence-corrected chi connectivity index (χ2v) is 18.7. The Morgan fingerprint density at radius 1 is 1.16 bits per heavy atom. The van der Waals surface area contributed by atoms with Crippen molar-refractivity contribution in [2.45, 2.75) is 93.6 Å². The summed E-state index contributed by atoms with van der Waals surface area (Å²) in [5.41, 5.74) is 1.19. The first-order chi connectivity index (χ1) is 15.1. The molecule has 2 fully saturated rings. The van der Waals surface area contributed by atoms with Gasteiger partial charge in [0.25, 0.3) is 0 Å². The van der Waals surface area contributed by atoms with Crippen molar-refractivity contribution >= 4 is 31.8 Å². The maximum Gasteiger partial charge on any atom is 0.192 e. The van der Waals surface area contributed by atoms with E-state index < -0.39 is 8.32 Å². The van der Waals surface area contributed by atoms with E-state index >= 15 is 0 Å². The molecule has 2 saturated heterocycles. The molecular formula is C25H42O4S2Si. The fraction of sp³-hybridized carbons (Fsp3) is 0.760. The lowest BCUT2D eigenvalue weighted by Gasteiger charge is -2.44. The van der Waals surface area contributed by atoms with Crippen LogP contribution in [0.15, 0.2) is 30.3 Å². The van der Waals surface area contributed by atoms with Gasteiger partial charge in [-0.2, -0.15) is 0 Å². The van der Waals surface area contributed by atoms with Gasteiger partial charge in [-0.1, -0.05) is 51.1 Å². The fourth-order valence-corrected chi connectivity index (χ4v) is 8.75. The van der Waals surface area contributed by atoms with E-state index in [1.807, 2.05) is 29.6 Å². The minimum atomic E-state index is -1.95. The number of benzene rings is 1. The lowest BCUT2D eigenvalue weighted by molar-refractivity contribution is 0.0266. The summed E-state index contributed by atoms with van der Waals surface area (Å²) in [5, 5.41) is 11.0. The van der Waals surface area contributed by atoms with Gasteiger partial charge in [0.15, 0.2) is 8.32 Å².